The van der Waals surface area contributed by atoms with Crippen LogP contribution in [0.15, 0.2) is 46.6 Å². The van der Waals surface area contributed by atoms with Gasteiger partial charge in [0.15, 0.2) is 0 Å². The summed E-state index contributed by atoms with van der Waals surface area (Å²) < 4.78 is 57.4. The van der Waals surface area contributed by atoms with E-state index in [1.165, 1.54) is 10.6 Å². The van der Waals surface area contributed by atoms with Crippen molar-refractivity contribution in [3.05, 3.63) is 47.2 Å². The molecule has 0 radical (unpaired) electrons. The van der Waals surface area contributed by atoms with Gasteiger partial charge in [-0.3, -0.25) is 0 Å². The number of nitrogens with two attached hydrogens (primary N) is 1. The number of allylic oxidation sites excluding steroid dienone is 3. The monoisotopic (exact) mass is 489 g/mol. The first-order valence-electron chi connectivity index (χ1n) is 9.38. The molecule has 0 fully saturated rings. The minimum absolute atomic E-state index is 0.401. The van der Waals surface area contributed by atoms with Crippen LogP contribution in [0.1, 0.15) is 19.4 Å². The maximum Gasteiger partial charge on any atom is 0.211 e. The highest BCUT2D eigenvalue weighted by Gasteiger charge is 2.14. The molecular formula is C19H28ClN5O6S. The van der Waals surface area contributed by atoms with Crippen LogP contribution >= 0.6 is 0 Å². The Labute approximate surface area is 189 Å². The highest BCUT2D eigenvalue weighted by atomic mass is 35.7. The molecule has 2 rings (SSSR count). The Morgan fingerprint density at radius 1 is 1.25 bits per heavy atom. The lowest BCUT2D eigenvalue weighted by Gasteiger charge is -2.18. The summed E-state index contributed by atoms with van der Waals surface area (Å²) in [4.78, 5) is 4.61. The van der Waals surface area contributed by atoms with Gasteiger partial charge < -0.3 is 16.5 Å². The molecule has 0 amide bonds. The number of hydrogen-bond donors (Lipinski definition) is 4. The maximum atomic E-state index is 11.6. The zero-order chi connectivity index (χ0) is 24.7. The van der Waals surface area contributed by atoms with Gasteiger partial charge in [-0.05, 0) is 55.3 Å². The molecule has 1 aliphatic rings. The number of likely N-dealkylation sites (N-methyl/N-ethyl adjacent to an activating group) is 1. The fraction of sp³-hybridized carbons (Fsp3) is 0.368. The SMILES string of the molecule is CCN(CCNc1ccc(N=C2C=C(C)C(=N)C=C2N)c(C)c1)S(C)(=O)=O.[O-][Cl+3]([O-])([O-])O. The Bertz CT molecular complexity index is 1030. The van der Waals surface area contributed by atoms with Gasteiger partial charge in [0.1, 0.15) is 0 Å². The van der Waals surface area contributed by atoms with Gasteiger partial charge in [0.25, 0.3) is 0 Å². The van der Waals surface area contributed by atoms with Crippen molar-refractivity contribution < 1.29 is 37.3 Å². The minimum Gasteiger partial charge on any atom is -0.397 e. The number of rotatable bonds is 7. The van der Waals surface area contributed by atoms with E-state index in [-0.39, 0.29) is 0 Å². The molecule has 0 aliphatic heterocycles. The summed E-state index contributed by atoms with van der Waals surface area (Å²) in [5.74, 6) is 0. The smallest absolute Gasteiger partial charge is 0.211 e. The Kier molecular flexibility index (Phi) is 9.97. The van der Waals surface area contributed by atoms with Crippen molar-refractivity contribution in [1.82, 2.24) is 4.31 Å². The zero-order valence-corrected chi connectivity index (χ0v) is 19.8. The number of nitrogens with one attached hydrogen (secondary N) is 2. The summed E-state index contributed by atoms with van der Waals surface area (Å²) in [5.41, 5.74) is 11.0. The maximum absolute atomic E-state index is 11.6. The first-order chi connectivity index (χ1) is 14.6. The second-order valence-electron chi connectivity index (χ2n) is 6.92. The van der Waals surface area contributed by atoms with Gasteiger partial charge in [-0.25, -0.2) is 17.7 Å². The van der Waals surface area contributed by atoms with Crippen LogP contribution in [0.3, 0.4) is 0 Å². The Balaban J connectivity index is 0.000000920. The van der Waals surface area contributed by atoms with E-state index in [2.05, 4.69) is 10.3 Å². The predicted octanol–water partition coefficient (Wildman–Crippen LogP) is -1.54. The largest absolute Gasteiger partial charge is 0.397 e. The molecule has 5 N–H and O–H groups in total. The van der Waals surface area contributed by atoms with Gasteiger partial charge in [0.05, 0.1) is 44.0 Å². The van der Waals surface area contributed by atoms with Crippen LogP contribution in [0.25, 0.3) is 0 Å². The summed E-state index contributed by atoms with van der Waals surface area (Å²) in [6.07, 6.45) is 4.64. The zero-order valence-electron chi connectivity index (χ0n) is 18.3. The number of anilines is 1. The van der Waals surface area contributed by atoms with Gasteiger partial charge >= 0.3 is 0 Å². The number of sulfonamides is 1. The molecule has 178 valence electrons. The number of halogens is 1. The third-order valence-corrected chi connectivity index (χ3v) is 5.70. The van der Waals surface area contributed by atoms with Crippen LogP contribution in [0.2, 0.25) is 0 Å². The Morgan fingerprint density at radius 3 is 2.34 bits per heavy atom. The van der Waals surface area contributed by atoms with E-state index in [1.807, 2.05) is 45.0 Å². The van der Waals surface area contributed by atoms with Crippen molar-refractivity contribution >= 4 is 32.8 Å². The van der Waals surface area contributed by atoms with E-state index in [9.17, 15) is 8.42 Å². The van der Waals surface area contributed by atoms with E-state index in [1.54, 1.807) is 6.08 Å². The molecule has 0 spiro atoms. The van der Waals surface area contributed by atoms with Crippen molar-refractivity contribution in [2.75, 3.05) is 31.2 Å². The molecule has 0 bridgehead atoms. The van der Waals surface area contributed by atoms with Crippen LogP contribution in [-0.4, -0.2) is 54.7 Å². The second-order valence-corrected chi connectivity index (χ2v) is 9.69. The molecule has 1 aromatic carbocycles. The lowest BCUT2D eigenvalue weighted by Crippen LogP contribution is -2.58. The molecular weight excluding hydrogens is 462 g/mol. The molecule has 13 heteroatoms. The van der Waals surface area contributed by atoms with Crippen LogP contribution in [0.4, 0.5) is 11.4 Å². The van der Waals surface area contributed by atoms with Crippen LogP contribution in [-0.2, 0) is 10.0 Å². The molecule has 0 unspecified atom stereocenters. The minimum atomic E-state index is -4.69. The Hall–Kier alpha value is -2.32. The molecule has 0 atom stereocenters. The molecule has 0 aromatic heterocycles. The first kappa shape index (κ1) is 27.7. The topological polar surface area (TPSA) is 201 Å². The molecule has 1 aromatic rings. The van der Waals surface area contributed by atoms with Crippen LogP contribution < -0.4 is 25.0 Å². The molecule has 0 saturated heterocycles. The van der Waals surface area contributed by atoms with E-state index < -0.39 is 20.3 Å². The molecule has 11 nitrogen and oxygen atoms in total. The number of benzene rings is 1. The molecule has 0 saturated carbocycles. The number of nitrogens with zero attached hydrogens (tertiary/aromatic N) is 2. The second kappa shape index (κ2) is 11.5. The van der Waals surface area contributed by atoms with E-state index in [0.717, 1.165) is 22.5 Å². The van der Waals surface area contributed by atoms with Crippen molar-refractivity contribution in [2.24, 2.45) is 10.7 Å². The fourth-order valence-electron chi connectivity index (χ4n) is 2.71. The van der Waals surface area contributed by atoms with E-state index in [0.29, 0.717) is 36.8 Å². The average molecular weight is 490 g/mol. The van der Waals surface area contributed by atoms with Crippen molar-refractivity contribution in [1.29, 1.82) is 5.41 Å². The van der Waals surface area contributed by atoms with Gasteiger partial charge in [0, 0.05) is 25.3 Å². The summed E-state index contributed by atoms with van der Waals surface area (Å²) in [5, 5.41) is 11.0. The van der Waals surface area contributed by atoms with Crippen LogP contribution in [0, 0.1) is 22.6 Å². The first-order valence-corrected chi connectivity index (χ1v) is 12.5. The average Bonchev–Trinajstić information content (AvgIpc) is 2.62. The van der Waals surface area contributed by atoms with E-state index >= 15 is 0 Å². The lowest BCUT2D eigenvalue weighted by atomic mass is 10.0. The van der Waals surface area contributed by atoms with Gasteiger partial charge in [0.2, 0.25) is 10.0 Å². The fourth-order valence-corrected chi connectivity index (χ4v) is 3.60. The van der Waals surface area contributed by atoms with Gasteiger partial charge in [-0.2, -0.15) is 14.0 Å². The number of aryl methyl sites for hydroxylation is 1. The number of hydrogen-bond acceptors (Lipinski definition) is 10. The third kappa shape index (κ3) is 9.87. The predicted molar refractivity (Wildman–Crippen MR) is 115 cm³/mol. The Morgan fingerprint density at radius 2 is 1.84 bits per heavy atom. The van der Waals surface area contributed by atoms with Crippen molar-refractivity contribution in [3.8, 4) is 0 Å². The number of aliphatic imine (C=N–C) groups is 1. The highest BCUT2D eigenvalue weighted by Crippen LogP contribution is 2.24. The lowest BCUT2D eigenvalue weighted by molar-refractivity contribution is -1.92. The normalized spacial score (nSPS) is 15.8. The summed E-state index contributed by atoms with van der Waals surface area (Å²) in [7, 11) is -7.87. The standard InChI is InChI=1S/C19H27N5O2S.ClHO4/c1-5-24(27(4,25)26)9-8-22-15-6-7-18(14(3)10-15)23-19-11-13(2)16(20)12-17(19)21;2-1(3,4)5/h6-7,10-12,20,22H,5,8-9,21H2,1-4H3;(H,2,3,4,5). The van der Waals surface area contributed by atoms with Crippen molar-refractivity contribution in [2.45, 2.75) is 20.8 Å². The van der Waals surface area contributed by atoms with Gasteiger partial charge in [-0.1, -0.05) is 6.92 Å². The molecule has 1 aliphatic carbocycles. The third-order valence-electron chi connectivity index (χ3n) is 4.32. The summed E-state index contributed by atoms with van der Waals surface area (Å²) in [6, 6.07) is 5.77. The van der Waals surface area contributed by atoms with Crippen molar-refractivity contribution in [3.63, 3.8) is 0 Å². The van der Waals surface area contributed by atoms with E-state index in [4.69, 9.17) is 29.8 Å². The highest BCUT2D eigenvalue weighted by molar-refractivity contribution is 7.88. The molecule has 0 heterocycles. The molecule has 32 heavy (non-hydrogen) atoms. The quantitative estimate of drug-likeness (QED) is 0.330. The summed E-state index contributed by atoms with van der Waals surface area (Å²) in [6.45, 7) is 7.03. The summed E-state index contributed by atoms with van der Waals surface area (Å²) >= 11 is 0. The van der Waals surface area contributed by atoms with Gasteiger partial charge in [-0.15, -0.1) is 0 Å². The van der Waals surface area contributed by atoms with Crippen LogP contribution in [0.5, 0.6) is 0 Å².